The number of rotatable bonds is 7. The molecule has 3 rings (SSSR count). The molecule has 0 bridgehead atoms. The second-order valence-corrected chi connectivity index (χ2v) is 8.96. The highest BCUT2D eigenvalue weighted by Crippen LogP contribution is 2.42. The number of hydrogen-bond donors (Lipinski definition) is 2. The first-order valence-electron chi connectivity index (χ1n) is 10.3. The topological polar surface area (TPSA) is 56.5 Å². The Balaban J connectivity index is 1.86. The second kappa shape index (κ2) is 8.76. The molecule has 1 saturated heterocycles. The fourth-order valence-electron chi connectivity index (χ4n) is 4.32. The summed E-state index contributed by atoms with van der Waals surface area (Å²) in [5, 5.41) is 3.59. The van der Waals surface area contributed by atoms with Crippen LogP contribution in [0.1, 0.15) is 57.1 Å². The molecule has 4 heteroatoms. The van der Waals surface area contributed by atoms with Crippen LogP contribution in [0.25, 0.3) is 5.57 Å². The Morgan fingerprint density at radius 3 is 2.63 bits per heavy atom. The summed E-state index contributed by atoms with van der Waals surface area (Å²) in [7, 11) is 1.75. The maximum absolute atomic E-state index is 6.40. The van der Waals surface area contributed by atoms with Crippen molar-refractivity contribution in [2.45, 2.75) is 51.4 Å². The van der Waals surface area contributed by atoms with Gasteiger partial charge in [-0.05, 0) is 60.8 Å². The molecule has 3 N–H and O–H groups in total. The minimum absolute atomic E-state index is 0.114. The summed E-state index contributed by atoms with van der Waals surface area (Å²) in [5.74, 6) is 0. The van der Waals surface area contributed by atoms with E-state index < -0.39 is 0 Å². The van der Waals surface area contributed by atoms with Crippen molar-refractivity contribution >= 4 is 11.3 Å². The maximum Gasteiger partial charge on any atom is 0.0587 e. The Hall–Kier alpha value is -1.36. The summed E-state index contributed by atoms with van der Waals surface area (Å²) >= 11 is 0. The molecule has 0 amide bonds. The van der Waals surface area contributed by atoms with Gasteiger partial charge in [-0.1, -0.05) is 26.0 Å². The molecule has 1 aromatic carbocycles. The minimum atomic E-state index is 0.114. The minimum Gasteiger partial charge on any atom is -0.398 e. The number of ether oxygens (including phenoxy) is 2. The predicted octanol–water partition coefficient (Wildman–Crippen LogP) is 4.15. The molecule has 150 valence electrons. The van der Waals surface area contributed by atoms with E-state index in [9.17, 15) is 0 Å². The number of anilines is 1. The molecule has 0 aromatic heterocycles. The number of nitrogens with two attached hydrogens (primary N) is 1. The number of nitrogens with one attached hydrogen (secondary N) is 1. The zero-order valence-corrected chi connectivity index (χ0v) is 17.3. The van der Waals surface area contributed by atoms with Crippen molar-refractivity contribution in [1.82, 2.24) is 5.32 Å². The Bertz CT molecular complexity index is 660. The van der Waals surface area contributed by atoms with Crippen molar-refractivity contribution in [2.24, 2.45) is 5.41 Å². The lowest BCUT2D eigenvalue weighted by Crippen LogP contribution is -2.43. The Kier molecular flexibility index (Phi) is 6.61. The van der Waals surface area contributed by atoms with Crippen LogP contribution in [0.3, 0.4) is 0 Å². The SMILES string of the molecule is COCCNCC1(c2ccc(N)c(C3=CCC(C)(C)CC3)c2)CCOCC1. The number of nitrogen functional groups attached to an aromatic ring is 1. The van der Waals surface area contributed by atoms with Gasteiger partial charge in [-0.25, -0.2) is 0 Å². The monoisotopic (exact) mass is 372 g/mol. The lowest BCUT2D eigenvalue weighted by Gasteiger charge is -2.38. The molecule has 4 nitrogen and oxygen atoms in total. The van der Waals surface area contributed by atoms with Crippen LogP contribution in [-0.4, -0.2) is 40.0 Å². The first-order valence-corrected chi connectivity index (χ1v) is 10.3. The molecule has 0 unspecified atom stereocenters. The third kappa shape index (κ3) is 4.92. The van der Waals surface area contributed by atoms with E-state index in [0.717, 1.165) is 64.3 Å². The highest BCUT2D eigenvalue weighted by Gasteiger charge is 2.35. The van der Waals surface area contributed by atoms with Crippen LogP contribution in [0.4, 0.5) is 5.69 Å². The molecular weight excluding hydrogens is 336 g/mol. The summed E-state index contributed by atoms with van der Waals surface area (Å²) in [6.45, 7) is 8.91. The highest BCUT2D eigenvalue weighted by molar-refractivity contribution is 5.76. The van der Waals surface area contributed by atoms with Crippen molar-refractivity contribution < 1.29 is 9.47 Å². The zero-order chi connectivity index (χ0) is 19.3. The van der Waals surface area contributed by atoms with E-state index in [2.05, 4.69) is 43.4 Å². The molecule has 1 fully saturated rings. The van der Waals surface area contributed by atoms with Crippen molar-refractivity contribution in [3.8, 4) is 0 Å². The molecule has 0 spiro atoms. The first-order chi connectivity index (χ1) is 13.0. The van der Waals surface area contributed by atoms with Crippen molar-refractivity contribution in [2.75, 3.05) is 45.8 Å². The first kappa shape index (κ1) is 20.4. The van der Waals surface area contributed by atoms with E-state index in [1.807, 2.05) is 0 Å². The normalized spacial score (nSPS) is 21.7. The molecule has 0 saturated carbocycles. The van der Waals surface area contributed by atoms with Crippen molar-refractivity contribution in [1.29, 1.82) is 0 Å². The van der Waals surface area contributed by atoms with Crippen LogP contribution in [0.15, 0.2) is 24.3 Å². The number of allylic oxidation sites excluding steroid dienone is 2. The largest absolute Gasteiger partial charge is 0.398 e. The fourth-order valence-corrected chi connectivity index (χ4v) is 4.32. The van der Waals surface area contributed by atoms with Crippen LogP contribution < -0.4 is 11.1 Å². The molecule has 0 atom stereocenters. The van der Waals surface area contributed by atoms with Gasteiger partial charge in [-0.15, -0.1) is 0 Å². The van der Waals surface area contributed by atoms with E-state index in [1.165, 1.54) is 23.1 Å². The van der Waals surface area contributed by atoms with Gasteiger partial charge in [-0.2, -0.15) is 0 Å². The Morgan fingerprint density at radius 1 is 1.19 bits per heavy atom. The average Bonchev–Trinajstić information content (AvgIpc) is 2.67. The quantitative estimate of drug-likeness (QED) is 0.558. The van der Waals surface area contributed by atoms with E-state index in [0.29, 0.717) is 5.41 Å². The van der Waals surface area contributed by atoms with Crippen LogP contribution in [-0.2, 0) is 14.9 Å². The van der Waals surface area contributed by atoms with Crippen molar-refractivity contribution in [3.63, 3.8) is 0 Å². The molecule has 1 aliphatic heterocycles. The Morgan fingerprint density at radius 2 is 1.96 bits per heavy atom. The number of benzene rings is 1. The lowest BCUT2D eigenvalue weighted by molar-refractivity contribution is 0.0492. The van der Waals surface area contributed by atoms with Gasteiger partial charge in [0.1, 0.15) is 0 Å². The van der Waals surface area contributed by atoms with Gasteiger partial charge >= 0.3 is 0 Å². The van der Waals surface area contributed by atoms with Crippen LogP contribution in [0, 0.1) is 5.41 Å². The molecule has 1 heterocycles. The summed E-state index contributed by atoms with van der Waals surface area (Å²) < 4.78 is 10.9. The average molecular weight is 373 g/mol. The molecular formula is C23H36N2O2. The zero-order valence-electron chi connectivity index (χ0n) is 17.3. The van der Waals surface area contributed by atoms with Crippen LogP contribution in [0.5, 0.6) is 0 Å². The van der Waals surface area contributed by atoms with Gasteiger partial charge in [0.05, 0.1) is 6.61 Å². The summed E-state index contributed by atoms with van der Waals surface area (Å²) in [5.41, 5.74) is 11.9. The van der Waals surface area contributed by atoms with Crippen LogP contribution in [0.2, 0.25) is 0 Å². The number of methoxy groups -OCH3 is 1. The summed E-state index contributed by atoms with van der Waals surface area (Å²) in [6.07, 6.45) is 7.96. The van der Waals surface area contributed by atoms with Crippen molar-refractivity contribution in [3.05, 3.63) is 35.4 Å². The van der Waals surface area contributed by atoms with E-state index in [4.69, 9.17) is 15.2 Å². The highest BCUT2D eigenvalue weighted by atomic mass is 16.5. The Labute approximate surface area is 164 Å². The van der Waals surface area contributed by atoms with Gasteiger partial charge in [0.25, 0.3) is 0 Å². The van der Waals surface area contributed by atoms with Gasteiger partial charge < -0.3 is 20.5 Å². The molecule has 0 radical (unpaired) electrons. The standard InChI is InChI=1S/C23H36N2O2/c1-22(2)8-6-18(7-9-22)20-16-19(4-5-21(20)24)23(10-13-27-14-11-23)17-25-12-15-26-3/h4-6,16,25H,7-15,17,24H2,1-3H3. The van der Waals surface area contributed by atoms with Gasteiger partial charge in [0, 0.05) is 50.1 Å². The third-order valence-corrected chi connectivity index (χ3v) is 6.38. The summed E-state index contributed by atoms with van der Waals surface area (Å²) in [6, 6.07) is 6.70. The molecule has 27 heavy (non-hydrogen) atoms. The van der Waals surface area contributed by atoms with Gasteiger partial charge in [0.2, 0.25) is 0 Å². The lowest BCUT2D eigenvalue weighted by atomic mass is 9.72. The number of hydrogen-bond acceptors (Lipinski definition) is 4. The fraction of sp³-hybridized carbons (Fsp3) is 0.652. The maximum atomic E-state index is 6.40. The second-order valence-electron chi connectivity index (χ2n) is 8.96. The third-order valence-electron chi connectivity index (χ3n) is 6.38. The van der Waals surface area contributed by atoms with Gasteiger partial charge in [-0.3, -0.25) is 0 Å². The smallest absolute Gasteiger partial charge is 0.0587 e. The van der Waals surface area contributed by atoms with Gasteiger partial charge in [0.15, 0.2) is 0 Å². The molecule has 1 aliphatic carbocycles. The van der Waals surface area contributed by atoms with E-state index in [-0.39, 0.29) is 5.41 Å². The molecule has 1 aromatic rings. The summed E-state index contributed by atoms with van der Waals surface area (Å²) in [4.78, 5) is 0. The molecule has 2 aliphatic rings. The van der Waals surface area contributed by atoms with Crippen LogP contribution >= 0.6 is 0 Å². The van der Waals surface area contributed by atoms with E-state index in [1.54, 1.807) is 7.11 Å². The predicted molar refractivity (Wildman–Crippen MR) is 113 cm³/mol. The van der Waals surface area contributed by atoms with E-state index >= 15 is 0 Å².